The van der Waals surface area contributed by atoms with Gasteiger partial charge in [0.15, 0.2) is 0 Å². The summed E-state index contributed by atoms with van der Waals surface area (Å²) >= 11 is 25.8. The van der Waals surface area contributed by atoms with Crippen LogP contribution in [0.15, 0.2) is 41.3 Å². The quantitative estimate of drug-likeness (QED) is 0.309. The second-order valence-corrected chi connectivity index (χ2v) is 8.77. The Hall–Kier alpha value is -0.580. The van der Waals surface area contributed by atoms with Gasteiger partial charge in [0.1, 0.15) is 5.84 Å². The monoisotopic (exact) mass is 420 g/mol. The number of thioether (sulfide) groups is 1. The second kappa shape index (κ2) is 8.20. The summed E-state index contributed by atoms with van der Waals surface area (Å²) in [4.78, 5) is 0.677. The Morgan fingerprint density at radius 2 is 1.58 bits per heavy atom. The van der Waals surface area contributed by atoms with Gasteiger partial charge in [-0.15, -0.1) is 11.8 Å². The Bertz CT molecular complexity index is 726. The third-order valence-electron chi connectivity index (χ3n) is 3.66. The molecular formula is C17H16Cl4N2S. The zero-order valence-corrected chi connectivity index (χ0v) is 16.7. The van der Waals surface area contributed by atoms with Gasteiger partial charge in [-0.1, -0.05) is 58.5 Å². The number of halogens is 4. The summed E-state index contributed by atoms with van der Waals surface area (Å²) in [5, 5.41) is 10.1. The standard InChI is InChI=1S/C17H16Cl4N2S/c1-17(16(22)23,7-6-10-2-4-11(18)5-3-10)24-15-13(20)8-12(19)9-14(15)21/h2-5,8-9H,6-7H2,1H3,(H3,22,23). The minimum absolute atomic E-state index is 0.0727. The van der Waals surface area contributed by atoms with E-state index in [0.717, 1.165) is 12.0 Å². The van der Waals surface area contributed by atoms with Crippen molar-refractivity contribution in [1.29, 1.82) is 5.41 Å². The number of nitrogens with one attached hydrogen (secondary N) is 1. The van der Waals surface area contributed by atoms with Crippen LogP contribution in [0.4, 0.5) is 0 Å². The number of amidine groups is 1. The highest BCUT2D eigenvalue weighted by atomic mass is 35.5. The molecule has 0 aliphatic carbocycles. The number of hydrogen-bond donors (Lipinski definition) is 2. The molecule has 0 fully saturated rings. The fraction of sp³-hybridized carbons (Fsp3) is 0.235. The van der Waals surface area contributed by atoms with Crippen molar-refractivity contribution in [2.75, 3.05) is 0 Å². The molecule has 0 saturated carbocycles. The average molecular weight is 422 g/mol. The van der Waals surface area contributed by atoms with Gasteiger partial charge in [-0.05, 0) is 49.6 Å². The molecule has 2 nitrogen and oxygen atoms in total. The van der Waals surface area contributed by atoms with E-state index in [9.17, 15) is 0 Å². The molecule has 0 spiro atoms. The molecule has 0 radical (unpaired) electrons. The Morgan fingerprint density at radius 3 is 2.08 bits per heavy atom. The van der Waals surface area contributed by atoms with Gasteiger partial charge in [-0.2, -0.15) is 0 Å². The summed E-state index contributed by atoms with van der Waals surface area (Å²) in [5.41, 5.74) is 6.99. The van der Waals surface area contributed by atoms with E-state index in [4.69, 9.17) is 57.5 Å². The zero-order chi connectivity index (χ0) is 17.9. The van der Waals surface area contributed by atoms with Crippen LogP contribution < -0.4 is 5.73 Å². The average Bonchev–Trinajstić information content (AvgIpc) is 2.50. The van der Waals surface area contributed by atoms with Gasteiger partial charge in [0.25, 0.3) is 0 Å². The molecule has 0 aliphatic rings. The van der Waals surface area contributed by atoms with Crippen molar-refractivity contribution in [3.05, 3.63) is 62.1 Å². The van der Waals surface area contributed by atoms with E-state index in [0.29, 0.717) is 31.4 Å². The molecule has 2 aromatic carbocycles. The first-order chi connectivity index (χ1) is 11.2. The number of rotatable bonds is 6. The van der Waals surface area contributed by atoms with E-state index in [1.54, 1.807) is 12.1 Å². The van der Waals surface area contributed by atoms with Crippen LogP contribution in [0.5, 0.6) is 0 Å². The lowest BCUT2D eigenvalue weighted by Crippen LogP contribution is -2.37. The van der Waals surface area contributed by atoms with Gasteiger partial charge < -0.3 is 5.73 Å². The van der Waals surface area contributed by atoms with E-state index in [1.807, 2.05) is 31.2 Å². The summed E-state index contributed by atoms with van der Waals surface area (Å²) in [6.07, 6.45) is 1.41. The molecule has 0 aromatic heterocycles. The topological polar surface area (TPSA) is 49.9 Å². The Kier molecular flexibility index (Phi) is 6.74. The second-order valence-electron chi connectivity index (χ2n) is 5.57. The van der Waals surface area contributed by atoms with Crippen molar-refractivity contribution in [3.8, 4) is 0 Å². The molecule has 0 saturated heterocycles. The third kappa shape index (κ3) is 4.96. The molecule has 2 rings (SSSR count). The van der Waals surface area contributed by atoms with Crippen LogP contribution in [0.25, 0.3) is 0 Å². The zero-order valence-electron chi connectivity index (χ0n) is 12.9. The van der Waals surface area contributed by atoms with Gasteiger partial charge in [0, 0.05) is 14.9 Å². The fourth-order valence-corrected chi connectivity index (χ4v) is 4.38. The number of hydrogen-bond acceptors (Lipinski definition) is 2. The smallest absolute Gasteiger partial charge is 0.107 e. The van der Waals surface area contributed by atoms with E-state index < -0.39 is 4.75 Å². The first-order valence-corrected chi connectivity index (χ1v) is 9.46. The SMILES string of the molecule is CC(CCc1ccc(Cl)cc1)(Sc1c(Cl)cc(Cl)cc1Cl)C(=N)N. The number of nitrogens with two attached hydrogens (primary N) is 1. The lowest BCUT2D eigenvalue weighted by Gasteiger charge is -2.28. The maximum absolute atomic E-state index is 8.00. The molecule has 1 atom stereocenters. The lowest BCUT2D eigenvalue weighted by atomic mass is 9.99. The van der Waals surface area contributed by atoms with Gasteiger partial charge in [0.05, 0.1) is 14.8 Å². The third-order valence-corrected chi connectivity index (χ3v) is 6.47. The number of benzene rings is 2. The van der Waals surface area contributed by atoms with Crippen LogP contribution in [0.2, 0.25) is 20.1 Å². The van der Waals surface area contributed by atoms with Crippen LogP contribution >= 0.6 is 58.2 Å². The summed E-state index contributed by atoms with van der Waals surface area (Å²) < 4.78 is -0.638. The van der Waals surface area contributed by atoms with Crippen LogP contribution in [-0.2, 0) is 6.42 Å². The van der Waals surface area contributed by atoms with Crippen LogP contribution in [0.1, 0.15) is 18.9 Å². The molecule has 7 heteroatoms. The molecule has 0 heterocycles. The molecule has 0 amide bonds. The highest BCUT2D eigenvalue weighted by molar-refractivity contribution is 8.01. The van der Waals surface area contributed by atoms with Crippen molar-refractivity contribution < 1.29 is 0 Å². The van der Waals surface area contributed by atoms with E-state index in [-0.39, 0.29) is 5.84 Å². The first kappa shape index (κ1) is 19.7. The molecule has 3 N–H and O–H groups in total. The van der Waals surface area contributed by atoms with Crippen LogP contribution in [0, 0.1) is 5.41 Å². The van der Waals surface area contributed by atoms with Crippen molar-refractivity contribution in [1.82, 2.24) is 0 Å². The van der Waals surface area contributed by atoms with Crippen LogP contribution in [-0.4, -0.2) is 10.6 Å². The predicted octanol–water partition coefficient (Wildman–Crippen LogP) is 6.72. The van der Waals surface area contributed by atoms with Gasteiger partial charge in [-0.25, -0.2) is 0 Å². The van der Waals surface area contributed by atoms with Crippen molar-refractivity contribution in [2.45, 2.75) is 29.4 Å². The summed E-state index contributed by atoms with van der Waals surface area (Å²) in [7, 11) is 0. The predicted molar refractivity (Wildman–Crippen MR) is 107 cm³/mol. The lowest BCUT2D eigenvalue weighted by molar-refractivity contribution is 0.719. The van der Waals surface area contributed by atoms with Crippen molar-refractivity contribution in [3.63, 3.8) is 0 Å². The van der Waals surface area contributed by atoms with Gasteiger partial charge in [0.2, 0.25) is 0 Å². The Labute approximate surface area is 166 Å². The molecule has 24 heavy (non-hydrogen) atoms. The highest BCUT2D eigenvalue weighted by Crippen LogP contribution is 2.44. The number of aryl methyl sites for hydroxylation is 1. The Balaban J connectivity index is 2.21. The normalized spacial score (nSPS) is 13.5. The molecule has 0 bridgehead atoms. The molecule has 1 unspecified atom stereocenters. The highest BCUT2D eigenvalue weighted by Gasteiger charge is 2.31. The van der Waals surface area contributed by atoms with Crippen molar-refractivity contribution >= 4 is 64.0 Å². The minimum Gasteiger partial charge on any atom is -0.386 e. The summed E-state index contributed by atoms with van der Waals surface area (Å²) in [5.74, 6) is 0.0727. The molecule has 128 valence electrons. The van der Waals surface area contributed by atoms with Crippen molar-refractivity contribution in [2.24, 2.45) is 5.73 Å². The summed E-state index contributed by atoms with van der Waals surface area (Å²) in [6, 6.07) is 10.9. The van der Waals surface area contributed by atoms with E-state index in [2.05, 4.69) is 0 Å². The van der Waals surface area contributed by atoms with E-state index in [1.165, 1.54) is 11.8 Å². The van der Waals surface area contributed by atoms with Gasteiger partial charge >= 0.3 is 0 Å². The summed E-state index contributed by atoms with van der Waals surface area (Å²) in [6.45, 7) is 1.91. The minimum atomic E-state index is -0.638. The van der Waals surface area contributed by atoms with Crippen LogP contribution in [0.3, 0.4) is 0 Å². The maximum Gasteiger partial charge on any atom is 0.107 e. The maximum atomic E-state index is 8.00. The fourth-order valence-electron chi connectivity index (χ4n) is 2.13. The molecule has 0 aliphatic heterocycles. The first-order valence-electron chi connectivity index (χ1n) is 7.14. The molecular weight excluding hydrogens is 406 g/mol. The Morgan fingerprint density at radius 1 is 1.04 bits per heavy atom. The van der Waals surface area contributed by atoms with E-state index >= 15 is 0 Å². The molecule has 2 aromatic rings. The van der Waals surface area contributed by atoms with Gasteiger partial charge in [-0.3, -0.25) is 5.41 Å². The largest absolute Gasteiger partial charge is 0.386 e.